The van der Waals surface area contributed by atoms with E-state index in [-0.39, 0.29) is 24.5 Å². The Labute approximate surface area is 150 Å². The van der Waals surface area contributed by atoms with Gasteiger partial charge in [0.25, 0.3) is 0 Å². The number of rotatable bonds is 5. The molecule has 25 heavy (non-hydrogen) atoms. The standard InChI is InChI=1S/C17H21N5O2S/c18-15(23)10-22-8-6-13(7-9-22)19-16(24)21-17-20-14(11-25-17)12-4-2-1-3-5-12/h1-5,11,13H,6-10H2,(H2,18,23)(H2,19,20,21,24). The number of likely N-dealkylation sites (tertiary alicyclic amines) is 1. The molecule has 1 saturated heterocycles. The number of piperidine rings is 1. The minimum atomic E-state index is -0.317. The number of carbonyl (C=O) groups is 2. The summed E-state index contributed by atoms with van der Waals surface area (Å²) >= 11 is 1.40. The highest BCUT2D eigenvalue weighted by atomic mass is 32.1. The van der Waals surface area contributed by atoms with Crippen LogP contribution < -0.4 is 16.4 Å². The van der Waals surface area contributed by atoms with Gasteiger partial charge in [0.1, 0.15) is 0 Å². The average Bonchev–Trinajstić information content (AvgIpc) is 3.05. The SMILES string of the molecule is NC(=O)CN1CCC(NC(=O)Nc2nc(-c3ccccc3)cs2)CC1. The molecule has 1 aromatic carbocycles. The Hall–Kier alpha value is -2.45. The molecular weight excluding hydrogens is 338 g/mol. The average molecular weight is 359 g/mol. The van der Waals surface area contributed by atoms with Crippen LogP contribution in [-0.2, 0) is 4.79 Å². The van der Waals surface area contributed by atoms with Crippen molar-refractivity contribution in [3.63, 3.8) is 0 Å². The van der Waals surface area contributed by atoms with Gasteiger partial charge in [0.05, 0.1) is 12.2 Å². The highest BCUT2D eigenvalue weighted by molar-refractivity contribution is 7.14. The Kier molecular flexibility index (Phi) is 5.62. The van der Waals surface area contributed by atoms with Crippen LogP contribution in [0.2, 0.25) is 0 Å². The smallest absolute Gasteiger partial charge is 0.321 e. The first kappa shape index (κ1) is 17.4. The molecule has 7 nitrogen and oxygen atoms in total. The van der Waals surface area contributed by atoms with E-state index in [9.17, 15) is 9.59 Å². The van der Waals surface area contributed by atoms with Crippen molar-refractivity contribution < 1.29 is 9.59 Å². The van der Waals surface area contributed by atoms with E-state index in [1.807, 2.05) is 40.6 Å². The van der Waals surface area contributed by atoms with E-state index >= 15 is 0 Å². The molecule has 132 valence electrons. The maximum Gasteiger partial charge on any atom is 0.321 e. The van der Waals surface area contributed by atoms with Crippen LogP contribution in [0, 0.1) is 0 Å². The number of nitrogens with one attached hydrogen (secondary N) is 2. The van der Waals surface area contributed by atoms with Crippen LogP contribution >= 0.6 is 11.3 Å². The zero-order valence-corrected chi connectivity index (χ0v) is 14.6. The maximum absolute atomic E-state index is 12.1. The third-order valence-corrected chi connectivity index (χ3v) is 4.85. The lowest BCUT2D eigenvalue weighted by atomic mass is 10.1. The summed E-state index contributed by atoms with van der Waals surface area (Å²) in [5.74, 6) is -0.317. The van der Waals surface area contributed by atoms with Crippen molar-refractivity contribution in [3.05, 3.63) is 35.7 Å². The van der Waals surface area contributed by atoms with Gasteiger partial charge in [-0.3, -0.25) is 15.0 Å². The first-order valence-corrected chi connectivity index (χ1v) is 9.07. The van der Waals surface area contributed by atoms with E-state index in [1.54, 1.807) is 0 Å². The fourth-order valence-electron chi connectivity index (χ4n) is 2.85. The number of nitrogens with two attached hydrogens (primary N) is 1. The second kappa shape index (κ2) is 8.09. The van der Waals surface area contributed by atoms with Crippen molar-refractivity contribution >= 4 is 28.4 Å². The van der Waals surface area contributed by atoms with Gasteiger partial charge in [-0.05, 0) is 12.8 Å². The Morgan fingerprint density at radius 2 is 1.96 bits per heavy atom. The lowest BCUT2D eigenvalue weighted by molar-refractivity contribution is -0.119. The van der Waals surface area contributed by atoms with Gasteiger partial charge < -0.3 is 11.1 Å². The van der Waals surface area contributed by atoms with E-state index < -0.39 is 0 Å². The number of primary amides is 1. The van der Waals surface area contributed by atoms with Crippen molar-refractivity contribution in [2.45, 2.75) is 18.9 Å². The maximum atomic E-state index is 12.1. The van der Waals surface area contributed by atoms with Crippen LogP contribution in [0.5, 0.6) is 0 Å². The van der Waals surface area contributed by atoms with Crippen LogP contribution in [0.1, 0.15) is 12.8 Å². The molecule has 1 aromatic heterocycles. The van der Waals surface area contributed by atoms with Crippen LogP contribution in [0.4, 0.5) is 9.93 Å². The Morgan fingerprint density at radius 3 is 2.64 bits per heavy atom. The van der Waals surface area contributed by atoms with Gasteiger partial charge >= 0.3 is 6.03 Å². The number of aromatic nitrogens is 1. The van der Waals surface area contributed by atoms with E-state index in [4.69, 9.17) is 5.73 Å². The molecule has 8 heteroatoms. The molecule has 0 saturated carbocycles. The molecule has 0 radical (unpaired) electrons. The minimum absolute atomic E-state index is 0.0951. The molecule has 1 aliphatic heterocycles. The molecule has 0 aliphatic carbocycles. The second-order valence-corrected chi connectivity index (χ2v) is 6.88. The fraction of sp³-hybridized carbons (Fsp3) is 0.353. The highest BCUT2D eigenvalue weighted by Crippen LogP contribution is 2.24. The van der Waals surface area contributed by atoms with Gasteiger partial charge in [-0.25, -0.2) is 9.78 Å². The number of benzene rings is 1. The van der Waals surface area contributed by atoms with E-state index in [2.05, 4.69) is 15.6 Å². The van der Waals surface area contributed by atoms with Gasteiger partial charge in [0.2, 0.25) is 5.91 Å². The second-order valence-electron chi connectivity index (χ2n) is 6.02. The summed E-state index contributed by atoms with van der Waals surface area (Å²) in [6.07, 6.45) is 1.60. The highest BCUT2D eigenvalue weighted by Gasteiger charge is 2.21. The largest absolute Gasteiger partial charge is 0.369 e. The number of nitrogens with zero attached hydrogens (tertiary/aromatic N) is 2. The van der Waals surface area contributed by atoms with Crippen molar-refractivity contribution in [2.75, 3.05) is 25.0 Å². The van der Waals surface area contributed by atoms with Crippen molar-refractivity contribution in [2.24, 2.45) is 5.73 Å². The quantitative estimate of drug-likeness (QED) is 0.759. The van der Waals surface area contributed by atoms with Crippen LogP contribution in [0.15, 0.2) is 35.7 Å². The lowest BCUT2D eigenvalue weighted by Gasteiger charge is -2.31. The Bertz CT molecular complexity index is 726. The molecule has 0 unspecified atom stereocenters. The molecule has 2 aromatic rings. The predicted molar refractivity (Wildman–Crippen MR) is 98.4 cm³/mol. The molecule has 3 amide bonds. The van der Waals surface area contributed by atoms with Gasteiger partial charge in [0, 0.05) is 30.1 Å². The van der Waals surface area contributed by atoms with Crippen LogP contribution in [-0.4, -0.2) is 47.5 Å². The van der Waals surface area contributed by atoms with Gasteiger partial charge in [0.15, 0.2) is 5.13 Å². The topological polar surface area (TPSA) is 100 Å². The normalized spacial score (nSPS) is 15.7. The first-order chi connectivity index (χ1) is 12.1. The van der Waals surface area contributed by atoms with Crippen molar-refractivity contribution in [1.82, 2.24) is 15.2 Å². The van der Waals surface area contributed by atoms with E-state index in [0.29, 0.717) is 5.13 Å². The number of hydrogen-bond acceptors (Lipinski definition) is 5. The third-order valence-electron chi connectivity index (χ3n) is 4.10. The Morgan fingerprint density at radius 1 is 1.24 bits per heavy atom. The van der Waals surface area contributed by atoms with E-state index in [0.717, 1.165) is 37.2 Å². The van der Waals surface area contributed by atoms with Crippen molar-refractivity contribution in [1.29, 1.82) is 0 Å². The number of amides is 3. The fourth-order valence-corrected chi connectivity index (χ4v) is 3.56. The van der Waals surface area contributed by atoms with Crippen molar-refractivity contribution in [3.8, 4) is 11.3 Å². The van der Waals surface area contributed by atoms with Gasteiger partial charge in [-0.15, -0.1) is 11.3 Å². The minimum Gasteiger partial charge on any atom is -0.369 e. The molecule has 0 atom stereocenters. The molecule has 0 spiro atoms. The number of thiazole rings is 1. The summed E-state index contributed by atoms with van der Waals surface area (Å²) < 4.78 is 0. The van der Waals surface area contributed by atoms with Gasteiger partial charge in [-0.1, -0.05) is 30.3 Å². The molecule has 0 bridgehead atoms. The number of anilines is 1. The number of urea groups is 1. The Balaban J connectivity index is 1.47. The molecule has 1 fully saturated rings. The lowest BCUT2D eigenvalue weighted by Crippen LogP contribution is -2.47. The first-order valence-electron chi connectivity index (χ1n) is 8.19. The molecule has 1 aliphatic rings. The monoisotopic (exact) mass is 359 g/mol. The summed E-state index contributed by atoms with van der Waals surface area (Å²) in [6, 6.07) is 9.69. The summed E-state index contributed by atoms with van der Waals surface area (Å²) in [4.78, 5) is 29.5. The molecule has 4 N–H and O–H groups in total. The zero-order chi connectivity index (χ0) is 17.6. The summed E-state index contributed by atoms with van der Waals surface area (Å²) in [7, 11) is 0. The summed E-state index contributed by atoms with van der Waals surface area (Å²) in [5.41, 5.74) is 7.07. The summed E-state index contributed by atoms with van der Waals surface area (Å²) in [5, 5.41) is 8.25. The zero-order valence-electron chi connectivity index (χ0n) is 13.8. The predicted octanol–water partition coefficient (Wildman–Crippen LogP) is 1.88. The summed E-state index contributed by atoms with van der Waals surface area (Å²) in [6.45, 7) is 1.78. The number of hydrogen-bond donors (Lipinski definition) is 3. The molecule has 2 heterocycles. The molecule has 3 rings (SSSR count). The molecular formula is C17H21N5O2S. The van der Waals surface area contributed by atoms with Crippen LogP contribution in [0.3, 0.4) is 0 Å². The van der Waals surface area contributed by atoms with E-state index in [1.165, 1.54) is 11.3 Å². The van der Waals surface area contributed by atoms with Gasteiger partial charge in [-0.2, -0.15) is 0 Å². The van der Waals surface area contributed by atoms with Crippen LogP contribution in [0.25, 0.3) is 11.3 Å². The number of carbonyl (C=O) groups excluding carboxylic acids is 2. The third kappa shape index (κ3) is 5.01.